The van der Waals surface area contributed by atoms with Gasteiger partial charge in [0.2, 0.25) is 0 Å². The fraction of sp³-hybridized carbons (Fsp3) is 1.00. The van der Waals surface area contributed by atoms with Gasteiger partial charge in [0.25, 0.3) is 0 Å². The summed E-state index contributed by atoms with van der Waals surface area (Å²) in [6.45, 7) is 4.00. The van der Waals surface area contributed by atoms with Crippen LogP contribution in [0.2, 0.25) is 0 Å². The quantitative estimate of drug-likeness (QED) is 0.598. The maximum Gasteiger partial charge on any atom is 0.0190 e. The van der Waals surface area contributed by atoms with Crippen molar-refractivity contribution < 1.29 is 0 Å². The summed E-state index contributed by atoms with van der Waals surface area (Å²) in [5.74, 6) is 0. The molecule has 10 heavy (non-hydrogen) atoms. The second kappa shape index (κ2) is 7.42. The lowest BCUT2D eigenvalue weighted by Crippen LogP contribution is -2.09. The molecule has 0 heterocycles. The molecular weight excluding hydrogens is 142 g/mol. The predicted molar refractivity (Wildman–Crippen MR) is 50.0 cm³/mol. The Bertz CT molecular complexity index is 60.3. The molecule has 0 aromatic carbocycles. The van der Waals surface area contributed by atoms with Crippen molar-refractivity contribution in [2.75, 3.05) is 0 Å². The van der Waals surface area contributed by atoms with Crippen LogP contribution in [0.4, 0.5) is 0 Å². The van der Waals surface area contributed by atoms with Crippen molar-refractivity contribution in [1.29, 1.82) is 0 Å². The van der Waals surface area contributed by atoms with E-state index in [1.807, 2.05) is 13.8 Å². The van der Waals surface area contributed by atoms with Crippen molar-refractivity contribution in [3.8, 4) is 0 Å². The van der Waals surface area contributed by atoms with Gasteiger partial charge in [-0.05, 0) is 12.8 Å². The molecule has 1 fully saturated rings. The number of nitrogens with two attached hydrogens (primary N) is 1. The molecule has 1 aliphatic rings. The molecule has 1 saturated carbocycles. The van der Waals surface area contributed by atoms with Crippen LogP contribution >= 0.6 is 11.9 Å². The third kappa shape index (κ3) is 4.18. The van der Waals surface area contributed by atoms with Crippen LogP contribution in [-0.4, -0.2) is 5.25 Å². The summed E-state index contributed by atoms with van der Waals surface area (Å²) in [6.07, 6.45) is 6.92. The normalized spacial score (nSPS) is 19.5. The van der Waals surface area contributed by atoms with E-state index in [1.165, 1.54) is 32.1 Å². The zero-order valence-electron chi connectivity index (χ0n) is 7.10. The van der Waals surface area contributed by atoms with Crippen molar-refractivity contribution in [2.24, 2.45) is 5.14 Å². The number of rotatable bonds is 1. The third-order valence-corrected chi connectivity index (χ3v) is 2.60. The number of hydrogen-bond acceptors (Lipinski definition) is 2. The van der Waals surface area contributed by atoms with E-state index in [2.05, 4.69) is 0 Å². The second-order valence-electron chi connectivity index (χ2n) is 2.40. The molecule has 0 aromatic heterocycles. The zero-order chi connectivity index (χ0) is 7.82. The van der Waals surface area contributed by atoms with Gasteiger partial charge in [-0.3, -0.25) is 5.14 Å². The molecule has 0 aromatic rings. The average Bonchev–Trinajstić information content (AvgIpc) is 2.10. The van der Waals surface area contributed by atoms with E-state index in [0.29, 0.717) is 0 Å². The SMILES string of the molecule is CC.NSC1CCCCC1. The van der Waals surface area contributed by atoms with Gasteiger partial charge in [-0.2, -0.15) is 0 Å². The molecule has 2 heteroatoms. The summed E-state index contributed by atoms with van der Waals surface area (Å²) in [5, 5.41) is 6.20. The van der Waals surface area contributed by atoms with Gasteiger partial charge >= 0.3 is 0 Å². The van der Waals surface area contributed by atoms with Crippen molar-refractivity contribution in [2.45, 2.75) is 51.2 Å². The average molecular weight is 161 g/mol. The van der Waals surface area contributed by atoms with Crippen molar-refractivity contribution in [1.82, 2.24) is 0 Å². The van der Waals surface area contributed by atoms with E-state index in [9.17, 15) is 0 Å². The fourth-order valence-electron chi connectivity index (χ4n) is 1.20. The first-order valence-electron chi connectivity index (χ1n) is 4.29. The highest BCUT2D eigenvalue weighted by molar-refractivity contribution is 7.97. The van der Waals surface area contributed by atoms with Crippen molar-refractivity contribution >= 4 is 11.9 Å². The van der Waals surface area contributed by atoms with Crippen LogP contribution in [0.15, 0.2) is 0 Å². The number of hydrogen-bond donors (Lipinski definition) is 1. The van der Waals surface area contributed by atoms with Crippen molar-refractivity contribution in [3.63, 3.8) is 0 Å². The maximum atomic E-state index is 5.42. The van der Waals surface area contributed by atoms with Gasteiger partial charge in [0.1, 0.15) is 0 Å². The lowest BCUT2D eigenvalue weighted by molar-refractivity contribution is 0.516. The van der Waals surface area contributed by atoms with Crippen LogP contribution in [0.3, 0.4) is 0 Å². The maximum absolute atomic E-state index is 5.42. The van der Waals surface area contributed by atoms with Gasteiger partial charge in [0, 0.05) is 5.25 Å². The summed E-state index contributed by atoms with van der Waals surface area (Å²) in [4.78, 5) is 0. The minimum atomic E-state index is 0.781. The highest BCUT2D eigenvalue weighted by Crippen LogP contribution is 2.24. The highest BCUT2D eigenvalue weighted by Gasteiger charge is 2.10. The van der Waals surface area contributed by atoms with Gasteiger partial charge in [0.05, 0.1) is 0 Å². The first-order valence-corrected chi connectivity index (χ1v) is 5.23. The molecule has 1 rings (SSSR count). The summed E-state index contributed by atoms with van der Waals surface area (Å²) < 4.78 is 0. The first kappa shape index (κ1) is 10.3. The van der Waals surface area contributed by atoms with Crippen LogP contribution in [-0.2, 0) is 0 Å². The van der Waals surface area contributed by atoms with Crippen LogP contribution in [0, 0.1) is 0 Å². The van der Waals surface area contributed by atoms with Gasteiger partial charge in [-0.15, -0.1) is 0 Å². The molecule has 0 unspecified atom stereocenters. The lowest BCUT2D eigenvalue weighted by Gasteiger charge is -2.17. The molecule has 0 amide bonds. The van der Waals surface area contributed by atoms with Gasteiger partial charge in [0.15, 0.2) is 0 Å². The summed E-state index contributed by atoms with van der Waals surface area (Å²) >= 11 is 1.55. The highest BCUT2D eigenvalue weighted by atomic mass is 32.2. The molecule has 2 N–H and O–H groups in total. The lowest BCUT2D eigenvalue weighted by atomic mass is 10.0. The Morgan fingerprint density at radius 1 is 1.10 bits per heavy atom. The molecule has 1 nitrogen and oxygen atoms in total. The monoisotopic (exact) mass is 161 g/mol. The van der Waals surface area contributed by atoms with E-state index >= 15 is 0 Å². The Hall–Kier alpha value is 0.310. The van der Waals surface area contributed by atoms with E-state index < -0.39 is 0 Å². The smallest absolute Gasteiger partial charge is 0.0190 e. The molecule has 62 valence electrons. The van der Waals surface area contributed by atoms with E-state index in [-0.39, 0.29) is 0 Å². The Balaban J connectivity index is 0.000000371. The molecule has 0 radical (unpaired) electrons. The molecule has 1 aliphatic carbocycles. The predicted octanol–water partition coefficient (Wildman–Crippen LogP) is 2.95. The van der Waals surface area contributed by atoms with E-state index in [0.717, 1.165) is 5.25 Å². The second-order valence-corrected chi connectivity index (χ2v) is 3.33. The first-order chi connectivity index (χ1) is 4.93. The van der Waals surface area contributed by atoms with Crippen LogP contribution < -0.4 is 5.14 Å². The molecular formula is C8H19NS. The largest absolute Gasteiger partial charge is 0.278 e. The van der Waals surface area contributed by atoms with Crippen LogP contribution in [0.1, 0.15) is 46.0 Å². The summed E-state index contributed by atoms with van der Waals surface area (Å²) in [6, 6.07) is 0. The van der Waals surface area contributed by atoms with Gasteiger partial charge in [-0.1, -0.05) is 45.1 Å². The summed E-state index contributed by atoms with van der Waals surface area (Å²) in [7, 11) is 0. The Kier molecular flexibility index (Phi) is 7.65. The van der Waals surface area contributed by atoms with Gasteiger partial charge in [-0.25, -0.2) is 0 Å². The van der Waals surface area contributed by atoms with E-state index in [1.54, 1.807) is 11.9 Å². The van der Waals surface area contributed by atoms with Gasteiger partial charge < -0.3 is 0 Å². The molecule has 0 bridgehead atoms. The standard InChI is InChI=1S/C6H13NS.C2H6/c7-8-6-4-2-1-3-5-6;1-2/h6H,1-5,7H2;1-2H3. The molecule has 0 atom stereocenters. The van der Waals surface area contributed by atoms with Crippen LogP contribution in [0.25, 0.3) is 0 Å². The fourth-order valence-corrected chi connectivity index (χ4v) is 1.81. The molecule has 0 saturated heterocycles. The minimum Gasteiger partial charge on any atom is -0.278 e. The Morgan fingerprint density at radius 3 is 1.90 bits per heavy atom. The Morgan fingerprint density at radius 2 is 1.60 bits per heavy atom. The van der Waals surface area contributed by atoms with E-state index in [4.69, 9.17) is 5.14 Å². The topological polar surface area (TPSA) is 26.0 Å². The van der Waals surface area contributed by atoms with Crippen LogP contribution in [0.5, 0.6) is 0 Å². The zero-order valence-corrected chi connectivity index (χ0v) is 7.91. The molecule has 0 spiro atoms. The third-order valence-electron chi connectivity index (χ3n) is 1.74. The molecule has 0 aliphatic heterocycles. The Labute approximate surface area is 68.9 Å². The summed E-state index contributed by atoms with van der Waals surface area (Å²) in [5.41, 5.74) is 0. The minimum absolute atomic E-state index is 0.781. The van der Waals surface area contributed by atoms with Crippen molar-refractivity contribution in [3.05, 3.63) is 0 Å².